The van der Waals surface area contributed by atoms with Crippen LogP contribution < -0.4 is 10.6 Å². The molecule has 2 N–H and O–H groups in total. The van der Waals surface area contributed by atoms with Crippen LogP contribution in [0, 0.1) is 11.3 Å². The Kier molecular flexibility index (Phi) is 7.87. The van der Waals surface area contributed by atoms with E-state index in [-0.39, 0.29) is 52.1 Å². The van der Waals surface area contributed by atoms with E-state index in [2.05, 4.69) is 25.7 Å². The summed E-state index contributed by atoms with van der Waals surface area (Å²) < 4.78 is 43.6. The van der Waals surface area contributed by atoms with Crippen LogP contribution in [0.5, 0.6) is 0 Å². The van der Waals surface area contributed by atoms with Gasteiger partial charge in [0.25, 0.3) is 5.91 Å². The fourth-order valence-corrected chi connectivity index (χ4v) is 5.76. The van der Waals surface area contributed by atoms with Gasteiger partial charge in [0.2, 0.25) is 5.91 Å². The summed E-state index contributed by atoms with van der Waals surface area (Å²) >= 11 is 6.53. The topological polar surface area (TPSA) is 136 Å². The van der Waals surface area contributed by atoms with Gasteiger partial charge in [-0.15, -0.1) is 0 Å². The molecule has 16 heteroatoms. The number of halogens is 4. The maximum absolute atomic E-state index is 13.7. The average molecular weight is 627 g/mol. The van der Waals surface area contributed by atoms with Crippen LogP contribution in [0.2, 0.25) is 5.02 Å². The molecule has 2 amide bonds. The normalized spacial score (nSPS) is 17.2. The number of alkyl halides is 3. The second-order valence-electron chi connectivity index (χ2n) is 10.4. The van der Waals surface area contributed by atoms with Gasteiger partial charge in [0.05, 0.1) is 40.2 Å². The summed E-state index contributed by atoms with van der Waals surface area (Å²) in [6.45, 7) is 2.19. The number of amides is 2. The number of nitrogens with zero attached hydrogens (tertiary/aromatic N) is 8. The van der Waals surface area contributed by atoms with Crippen molar-refractivity contribution in [1.82, 2.24) is 39.3 Å². The average Bonchev–Trinajstić information content (AvgIpc) is 3.77. The molecule has 12 nitrogen and oxygen atoms in total. The molecular weight excluding hydrogens is 601 g/mol. The van der Waals surface area contributed by atoms with Crippen molar-refractivity contribution in [3.05, 3.63) is 59.3 Å². The zero-order chi connectivity index (χ0) is 31.0. The first-order valence-corrected chi connectivity index (χ1v) is 14.2. The molecule has 6 rings (SSSR count). The molecule has 5 heterocycles. The van der Waals surface area contributed by atoms with Crippen LogP contribution in [0.3, 0.4) is 0 Å². The lowest BCUT2D eigenvalue weighted by Crippen LogP contribution is -2.54. The Morgan fingerprint density at radius 3 is 2.61 bits per heavy atom. The first kappa shape index (κ1) is 29.4. The predicted molar refractivity (Wildman–Crippen MR) is 153 cm³/mol. The van der Waals surface area contributed by atoms with Gasteiger partial charge >= 0.3 is 6.18 Å². The second-order valence-corrected chi connectivity index (χ2v) is 10.9. The number of rotatable bonds is 6. The molecule has 0 unspecified atom stereocenters. The van der Waals surface area contributed by atoms with Gasteiger partial charge in [-0.2, -0.15) is 23.5 Å². The van der Waals surface area contributed by atoms with Crippen molar-refractivity contribution in [2.75, 3.05) is 38.0 Å². The Hall–Kier alpha value is -4.68. The molecule has 4 aromatic rings. The first-order chi connectivity index (χ1) is 21.1. The van der Waals surface area contributed by atoms with E-state index in [1.54, 1.807) is 34.1 Å². The fourth-order valence-electron chi connectivity index (χ4n) is 5.50. The van der Waals surface area contributed by atoms with Crippen LogP contribution in [-0.2, 0) is 17.5 Å². The van der Waals surface area contributed by atoms with Gasteiger partial charge in [0, 0.05) is 50.5 Å². The number of piperazine rings is 1. The largest absolute Gasteiger partial charge is 0.435 e. The smallest absolute Gasteiger partial charge is 0.338 e. The van der Waals surface area contributed by atoms with Crippen molar-refractivity contribution in [2.24, 2.45) is 0 Å². The van der Waals surface area contributed by atoms with Crippen LogP contribution in [0.4, 0.5) is 24.7 Å². The molecule has 2 aliphatic rings. The minimum Gasteiger partial charge on any atom is -0.338 e. The minimum atomic E-state index is -4.75. The molecule has 3 aromatic heterocycles. The molecule has 0 aliphatic carbocycles. The van der Waals surface area contributed by atoms with Crippen molar-refractivity contribution in [3.8, 4) is 17.3 Å². The maximum atomic E-state index is 13.7. The van der Waals surface area contributed by atoms with Gasteiger partial charge in [0.1, 0.15) is 6.54 Å². The number of anilines is 2. The quantitative estimate of drug-likeness (QED) is 0.332. The van der Waals surface area contributed by atoms with Gasteiger partial charge < -0.3 is 20.4 Å². The van der Waals surface area contributed by atoms with Crippen LogP contribution in [0.25, 0.3) is 16.9 Å². The highest BCUT2D eigenvalue weighted by molar-refractivity contribution is 6.34. The van der Waals surface area contributed by atoms with Crippen molar-refractivity contribution < 1.29 is 22.8 Å². The lowest BCUT2D eigenvalue weighted by atomic mass is 10.1. The molecule has 0 spiro atoms. The monoisotopic (exact) mass is 626 g/mol. The van der Waals surface area contributed by atoms with Crippen LogP contribution in [-0.4, -0.2) is 84.5 Å². The number of hydrogen-bond donors (Lipinski definition) is 2. The summed E-state index contributed by atoms with van der Waals surface area (Å²) in [7, 11) is 0. The van der Waals surface area contributed by atoms with E-state index in [0.29, 0.717) is 37.4 Å². The Labute approximate surface area is 254 Å². The number of benzene rings is 1. The molecule has 2 saturated heterocycles. The fraction of sp³-hybridized carbons (Fsp3) is 0.357. The number of nitrogens with one attached hydrogen (secondary N) is 2. The first-order valence-electron chi connectivity index (χ1n) is 13.9. The molecule has 1 aromatic carbocycles. The molecule has 0 bridgehead atoms. The number of carbonyl (C=O) groups is 2. The molecule has 228 valence electrons. The lowest BCUT2D eigenvalue weighted by Gasteiger charge is -2.36. The van der Waals surface area contributed by atoms with Gasteiger partial charge in [-0.1, -0.05) is 11.6 Å². The summed E-state index contributed by atoms with van der Waals surface area (Å²) in [6.07, 6.45) is 2.36. The number of imidazole rings is 1. The van der Waals surface area contributed by atoms with Crippen LogP contribution >= 0.6 is 11.6 Å². The van der Waals surface area contributed by atoms with Crippen LogP contribution in [0.1, 0.15) is 28.9 Å². The third-order valence-electron chi connectivity index (χ3n) is 7.67. The highest BCUT2D eigenvalue weighted by Crippen LogP contribution is 2.37. The van der Waals surface area contributed by atoms with Gasteiger partial charge in [-0.25, -0.2) is 9.97 Å². The summed E-state index contributed by atoms with van der Waals surface area (Å²) in [5, 5.41) is 19.0. The Morgan fingerprint density at radius 1 is 1.16 bits per heavy atom. The number of carbonyl (C=O) groups excluding carboxylic acids is 2. The zero-order valence-corrected chi connectivity index (χ0v) is 23.9. The third-order valence-corrected chi connectivity index (χ3v) is 7.98. The molecule has 0 radical (unpaired) electrons. The van der Waals surface area contributed by atoms with Crippen molar-refractivity contribution in [2.45, 2.75) is 31.6 Å². The summed E-state index contributed by atoms with van der Waals surface area (Å²) in [5.74, 6) is 0.0683. The van der Waals surface area contributed by atoms with Gasteiger partial charge in [0.15, 0.2) is 17.2 Å². The van der Waals surface area contributed by atoms with Crippen molar-refractivity contribution in [1.29, 1.82) is 5.26 Å². The van der Waals surface area contributed by atoms with E-state index in [1.165, 1.54) is 23.0 Å². The van der Waals surface area contributed by atoms with Crippen molar-refractivity contribution >= 4 is 40.6 Å². The highest BCUT2D eigenvalue weighted by Gasteiger charge is 2.38. The van der Waals surface area contributed by atoms with E-state index in [1.807, 2.05) is 0 Å². The third kappa shape index (κ3) is 5.65. The Morgan fingerprint density at radius 2 is 1.93 bits per heavy atom. The number of nitriles is 1. The lowest BCUT2D eigenvalue weighted by molar-refractivity contribution is -0.141. The van der Waals surface area contributed by atoms with Crippen molar-refractivity contribution in [3.63, 3.8) is 0 Å². The maximum Gasteiger partial charge on any atom is 0.435 e. The Balaban J connectivity index is 1.18. The second kappa shape index (κ2) is 11.8. The Bertz CT molecular complexity index is 1770. The predicted octanol–water partition coefficient (Wildman–Crippen LogP) is 3.57. The van der Waals surface area contributed by atoms with E-state index in [9.17, 15) is 22.8 Å². The number of hydrogen-bond acceptors (Lipinski definition) is 8. The summed E-state index contributed by atoms with van der Waals surface area (Å²) in [4.78, 5) is 38.0. The minimum absolute atomic E-state index is 0.0751. The number of aromatic nitrogens is 5. The van der Waals surface area contributed by atoms with Gasteiger partial charge in [-0.05, 0) is 37.6 Å². The molecule has 2 aliphatic heterocycles. The zero-order valence-electron chi connectivity index (χ0n) is 23.2. The molecule has 0 saturated carbocycles. The van der Waals surface area contributed by atoms with E-state index < -0.39 is 11.9 Å². The molecule has 44 heavy (non-hydrogen) atoms. The SMILES string of the molecule is N#CCn1cc(-c2cnc3c(Nc4ccc(C(=O)N5CCN(C(=O)[C@@H]6CCCN6)CC5)c(Cl)c4)nccn23)c(C(F)(F)F)n1. The standard InChI is InChI=1S/C28H26ClF3N10O2/c29-20-14-17(3-4-18(20)26(43)39-10-12-40(13-11-39)27(44)21-2-1-6-34-21)37-24-25-36-15-22(42(25)9-7-35-24)19-16-41(8-5-33)38-23(19)28(30,31)32/h3-4,7,9,14-16,21,34H,1-2,6,8,10-13H2,(H,35,37)/t21-/m0/s1. The summed E-state index contributed by atoms with van der Waals surface area (Å²) in [6, 6.07) is 6.43. The molecule has 1 atom stereocenters. The van der Waals surface area contributed by atoms with E-state index in [0.717, 1.165) is 30.3 Å². The van der Waals surface area contributed by atoms with Crippen LogP contribution in [0.15, 0.2) is 43.0 Å². The van der Waals surface area contributed by atoms with E-state index >= 15 is 0 Å². The number of fused-ring (bicyclic) bond motifs is 1. The molecular formula is C28H26ClF3N10O2. The summed E-state index contributed by atoms with van der Waals surface area (Å²) in [5.41, 5.74) is -0.232. The van der Waals surface area contributed by atoms with E-state index in [4.69, 9.17) is 16.9 Å². The highest BCUT2D eigenvalue weighted by atomic mass is 35.5. The van der Waals surface area contributed by atoms with Gasteiger partial charge in [-0.3, -0.25) is 18.7 Å². The molecule has 2 fully saturated rings.